The summed E-state index contributed by atoms with van der Waals surface area (Å²) in [6.45, 7) is 15.0. The van der Waals surface area contributed by atoms with E-state index < -0.39 is 47.7 Å². The topological polar surface area (TPSA) is 179 Å². The van der Waals surface area contributed by atoms with Gasteiger partial charge in [0, 0.05) is 70.2 Å². The zero-order chi connectivity index (χ0) is 42.6. The summed E-state index contributed by atoms with van der Waals surface area (Å²) in [7, 11) is 1.55. The molecule has 0 aromatic heterocycles. The lowest BCUT2D eigenvalue weighted by atomic mass is 9.88. The van der Waals surface area contributed by atoms with Crippen LogP contribution in [0.3, 0.4) is 0 Å². The number of hydrogen-bond donors (Lipinski definition) is 3. The number of hydrogen-bond acceptors (Lipinski definition) is 12. The number of epoxide rings is 1. The lowest BCUT2D eigenvalue weighted by molar-refractivity contribution is -0.151. The highest BCUT2D eigenvalue weighted by atomic mass is 16.6. The number of piperazine rings is 1. The van der Waals surface area contributed by atoms with Crippen LogP contribution in [-0.4, -0.2) is 148 Å². The van der Waals surface area contributed by atoms with Crippen molar-refractivity contribution in [3.05, 3.63) is 48.1 Å². The fourth-order valence-corrected chi connectivity index (χ4v) is 7.96. The van der Waals surface area contributed by atoms with Crippen molar-refractivity contribution >= 4 is 23.9 Å². The fourth-order valence-electron chi connectivity index (χ4n) is 7.96. The number of esters is 1. The van der Waals surface area contributed by atoms with Crippen LogP contribution in [-0.2, 0) is 33.3 Å². The molecule has 4 rings (SSSR count). The van der Waals surface area contributed by atoms with E-state index in [1.165, 1.54) is 17.1 Å². The average molecular weight is 816 g/mol. The molecule has 3 amide bonds. The Hall–Kier alpha value is -3.40. The zero-order valence-corrected chi connectivity index (χ0v) is 35.7. The number of cyclic esters (lactones) is 1. The molecule has 58 heavy (non-hydrogen) atoms. The smallest absolute Gasteiger partial charge is 0.410 e. The van der Waals surface area contributed by atoms with Crippen molar-refractivity contribution in [3.8, 4) is 0 Å². The minimum atomic E-state index is -1.17. The highest BCUT2D eigenvalue weighted by Crippen LogP contribution is 2.38. The molecule has 10 atom stereocenters. The van der Waals surface area contributed by atoms with Crippen LogP contribution in [0.1, 0.15) is 99.3 Å². The molecule has 4 aliphatic heterocycles. The van der Waals surface area contributed by atoms with Crippen LogP contribution < -0.4 is 0 Å². The van der Waals surface area contributed by atoms with E-state index in [0.29, 0.717) is 52.0 Å². The Morgan fingerprint density at radius 1 is 1.07 bits per heavy atom. The summed E-state index contributed by atoms with van der Waals surface area (Å²) in [6, 6.07) is 0. The van der Waals surface area contributed by atoms with Crippen molar-refractivity contribution in [2.75, 3.05) is 46.4 Å². The predicted molar refractivity (Wildman–Crippen MR) is 218 cm³/mol. The van der Waals surface area contributed by atoms with Gasteiger partial charge in [-0.25, -0.2) is 4.79 Å². The second-order valence-electron chi connectivity index (χ2n) is 17.1. The number of carbonyl (C=O) groups excluding carboxylic acids is 4. The zero-order valence-electron chi connectivity index (χ0n) is 35.7. The number of nitrogens with zero attached hydrogens (tertiary/aromatic N) is 3. The molecule has 3 N–H and O–H groups in total. The van der Waals surface area contributed by atoms with E-state index in [0.717, 1.165) is 37.8 Å². The van der Waals surface area contributed by atoms with E-state index in [9.17, 15) is 34.5 Å². The van der Waals surface area contributed by atoms with Gasteiger partial charge >= 0.3 is 12.1 Å². The normalized spacial score (nSPS) is 31.7. The predicted octanol–water partition coefficient (Wildman–Crippen LogP) is 4.47. The van der Waals surface area contributed by atoms with Gasteiger partial charge in [-0.2, -0.15) is 0 Å². The van der Waals surface area contributed by atoms with Crippen LogP contribution in [0.5, 0.6) is 0 Å². The Morgan fingerprint density at radius 2 is 1.72 bits per heavy atom. The Labute approximate surface area is 344 Å². The molecular formula is C44H69N3O11. The first-order valence-electron chi connectivity index (χ1n) is 21.2. The fraction of sp³-hybridized carbons (Fsp3) is 0.727. The summed E-state index contributed by atoms with van der Waals surface area (Å²) in [5, 5.41) is 32.1. The van der Waals surface area contributed by atoms with Gasteiger partial charge in [0.1, 0.15) is 11.7 Å². The third kappa shape index (κ3) is 13.8. The highest BCUT2D eigenvalue weighted by Gasteiger charge is 2.47. The molecule has 2 saturated heterocycles. The molecule has 4 aliphatic rings. The SMILES string of the molecule is CC[C@H](O)[C@@H](C)[C@H]1O[C@@H]1C[C@@](C)(O)/C=C/C=C(\C)[C@H]1OC(=O)C[C@H](O)CC[C@@](C)(OC)[C@@H](OC(=O)N2CCN(CCCCCCN3C(=O)C=CC3=O)CC2)/C=C/[C@@H]1C. The van der Waals surface area contributed by atoms with E-state index in [4.69, 9.17) is 18.9 Å². The molecule has 0 radical (unpaired) electrons. The molecule has 2 fully saturated rings. The largest absolute Gasteiger partial charge is 0.457 e. The van der Waals surface area contributed by atoms with Gasteiger partial charge in [0.15, 0.2) is 6.10 Å². The van der Waals surface area contributed by atoms with E-state index in [2.05, 4.69) is 4.90 Å². The van der Waals surface area contributed by atoms with Gasteiger partial charge in [0.25, 0.3) is 11.8 Å². The monoisotopic (exact) mass is 815 g/mol. The number of amides is 3. The highest BCUT2D eigenvalue weighted by molar-refractivity contribution is 6.12. The summed E-state index contributed by atoms with van der Waals surface area (Å²) in [4.78, 5) is 55.4. The van der Waals surface area contributed by atoms with E-state index in [-0.39, 0.29) is 48.7 Å². The minimum Gasteiger partial charge on any atom is -0.457 e. The molecule has 0 saturated carbocycles. The van der Waals surface area contributed by atoms with Crippen molar-refractivity contribution in [3.63, 3.8) is 0 Å². The third-order valence-electron chi connectivity index (χ3n) is 12.2. The van der Waals surface area contributed by atoms with Crippen LogP contribution in [0.25, 0.3) is 0 Å². The van der Waals surface area contributed by atoms with Crippen LogP contribution in [0.2, 0.25) is 0 Å². The minimum absolute atomic E-state index is 0.0195. The first-order valence-corrected chi connectivity index (χ1v) is 21.2. The number of rotatable bonds is 17. The number of ether oxygens (including phenoxy) is 4. The van der Waals surface area contributed by atoms with E-state index >= 15 is 0 Å². The number of carbonyl (C=O) groups is 4. The molecule has 326 valence electrons. The summed E-state index contributed by atoms with van der Waals surface area (Å²) >= 11 is 0. The first-order chi connectivity index (χ1) is 27.5. The lowest BCUT2D eigenvalue weighted by Gasteiger charge is -2.38. The molecule has 0 unspecified atom stereocenters. The van der Waals surface area contributed by atoms with Gasteiger partial charge in [-0.3, -0.25) is 24.2 Å². The van der Waals surface area contributed by atoms with Crippen molar-refractivity contribution in [2.24, 2.45) is 11.8 Å². The second-order valence-corrected chi connectivity index (χ2v) is 17.1. The first kappa shape index (κ1) is 47.3. The van der Waals surface area contributed by atoms with Gasteiger partial charge in [0.05, 0.1) is 36.4 Å². The van der Waals surface area contributed by atoms with E-state index in [1.807, 2.05) is 40.7 Å². The molecule has 14 nitrogen and oxygen atoms in total. The van der Waals surface area contributed by atoms with Gasteiger partial charge in [-0.05, 0) is 71.1 Å². The van der Waals surface area contributed by atoms with Crippen LogP contribution >= 0.6 is 0 Å². The number of imide groups is 1. The molecule has 4 heterocycles. The van der Waals surface area contributed by atoms with Gasteiger partial charge in [0.2, 0.25) is 0 Å². The summed E-state index contributed by atoms with van der Waals surface area (Å²) in [6.07, 6.45) is 12.9. The van der Waals surface area contributed by atoms with E-state index in [1.54, 1.807) is 43.2 Å². The maximum atomic E-state index is 13.6. The molecule has 0 aliphatic carbocycles. The Balaban J connectivity index is 1.34. The maximum absolute atomic E-state index is 13.6. The van der Waals surface area contributed by atoms with Crippen molar-refractivity contribution in [2.45, 2.75) is 147 Å². The van der Waals surface area contributed by atoms with Crippen molar-refractivity contribution in [1.82, 2.24) is 14.7 Å². The molecular weight excluding hydrogens is 746 g/mol. The quantitative estimate of drug-likeness (QED) is 0.0470. The van der Waals surface area contributed by atoms with Crippen molar-refractivity contribution < 1.29 is 53.4 Å². The average Bonchev–Trinajstić information content (AvgIpc) is 3.87. The summed E-state index contributed by atoms with van der Waals surface area (Å²) < 4.78 is 23.9. The second kappa shape index (κ2) is 21.7. The number of methoxy groups -OCH3 is 1. The van der Waals surface area contributed by atoms with Crippen LogP contribution in [0, 0.1) is 11.8 Å². The molecule has 0 aromatic rings. The number of aliphatic hydroxyl groups is 3. The Bertz CT molecular complexity index is 1500. The standard InChI is InChI=1S/C44H69N3O11/c1-8-34(49)32(4)41-35(56-41)29-43(5,54)20-13-14-30(2)40-31(3)15-16-36(44(6,55-7)21-19-33(48)28-39(52)58-40)57-42(53)46-26-24-45(25-27-46)22-11-9-10-12-23-47-37(50)17-18-38(47)51/h13-18,20,31-36,40-41,48-49,54H,8-12,19,21-29H2,1-7H3/b16-15+,20-13+,30-14+/t31-,32+,33+,34-,35+,36-,40+,41+,43-,44+/m0/s1. The molecule has 14 heteroatoms. The number of allylic oxidation sites excluding steroid dienone is 2. The van der Waals surface area contributed by atoms with Crippen molar-refractivity contribution in [1.29, 1.82) is 0 Å². The van der Waals surface area contributed by atoms with Gasteiger partial charge < -0.3 is 39.2 Å². The summed E-state index contributed by atoms with van der Waals surface area (Å²) in [5.74, 6) is -1.39. The molecule has 0 bridgehead atoms. The van der Waals surface area contributed by atoms with Gasteiger partial charge in [-0.1, -0.05) is 57.9 Å². The third-order valence-corrected chi connectivity index (χ3v) is 12.2. The molecule has 0 aromatic carbocycles. The summed E-state index contributed by atoms with van der Waals surface area (Å²) in [5.41, 5.74) is -1.44. The lowest BCUT2D eigenvalue weighted by Crippen LogP contribution is -2.51. The number of aliphatic hydroxyl groups excluding tert-OH is 2. The Morgan fingerprint density at radius 3 is 2.36 bits per heavy atom. The Kier molecular flexibility index (Phi) is 17.7. The van der Waals surface area contributed by atoms with Crippen LogP contribution in [0.15, 0.2) is 48.1 Å². The van der Waals surface area contributed by atoms with Crippen LogP contribution in [0.4, 0.5) is 4.79 Å². The maximum Gasteiger partial charge on any atom is 0.410 e. The van der Waals surface area contributed by atoms with Gasteiger partial charge in [-0.15, -0.1) is 0 Å². The number of unbranched alkanes of at least 4 members (excludes halogenated alkanes) is 3. The molecule has 0 spiro atoms.